The van der Waals surface area contributed by atoms with Gasteiger partial charge in [0.15, 0.2) is 0 Å². The fourth-order valence-corrected chi connectivity index (χ4v) is 3.15. The topological polar surface area (TPSA) is 73.9 Å². The van der Waals surface area contributed by atoms with Crippen molar-refractivity contribution in [1.29, 1.82) is 0 Å². The van der Waals surface area contributed by atoms with Crippen LogP contribution >= 0.6 is 0 Å². The summed E-state index contributed by atoms with van der Waals surface area (Å²) in [5.41, 5.74) is 1.54. The second kappa shape index (κ2) is 9.88. The van der Waals surface area contributed by atoms with Crippen molar-refractivity contribution in [1.82, 2.24) is 10.2 Å². The minimum atomic E-state index is -0.698. The number of rotatable bonds is 6. The number of nitrogens with zero attached hydrogens (tertiary/aromatic N) is 2. The number of halogens is 1. The molecule has 1 fully saturated rings. The molecule has 29 heavy (non-hydrogen) atoms. The van der Waals surface area contributed by atoms with Crippen molar-refractivity contribution in [3.05, 3.63) is 54.3 Å². The Hall–Kier alpha value is -3.13. The van der Waals surface area contributed by atoms with E-state index in [4.69, 9.17) is 4.74 Å². The van der Waals surface area contributed by atoms with E-state index in [1.807, 2.05) is 0 Å². The molecule has 0 aromatic heterocycles. The zero-order valence-corrected chi connectivity index (χ0v) is 16.4. The van der Waals surface area contributed by atoms with Crippen LogP contribution in [-0.4, -0.2) is 63.1 Å². The molecule has 0 unspecified atom stereocenters. The lowest BCUT2D eigenvalue weighted by Crippen LogP contribution is -2.49. The first kappa shape index (κ1) is 20.6. The molecule has 1 aliphatic rings. The highest BCUT2D eigenvalue weighted by Gasteiger charge is 2.18. The molecular weight excluding hydrogens is 375 g/mol. The zero-order chi connectivity index (χ0) is 20.6. The number of carbonyl (C=O) groups excluding carboxylic acids is 2. The van der Waals surface area contributed by atoms with Crippen LogP contribution in [-0.2, 0) is 9.59 Å². The third kappa shape index (κ3) is 5.92. The van der Waals surface area contributed by atoms with Gasteiger partial charge in [0.1, 0.15) is 11.6 Å². The lowest BCUT2D eigenvalue weighted by Gasteiger charge is -2.36. The molecule has 154 valence electrons. The Morgan fingerprint density at radius 1 is 0.966 bits per heavy atom. The smallest absolute Gasteiger partial charge is 0.313 e. The summed E-state index contributed by atoms with van der Waals surface area (Å²) in [5.74, 6) is -0.923. The molecule has 0 radical (unpaired) electrons. The van der Waals surface area contributed by atoms with E-state index in [2.05, 4.69) is 20.4 Å². The van der Waals surface area contributed by atoms with E-state index < -0.39 is 11.8 Å². The number of anilines is 2. The summed E-state index contributed by atoms with van der Waals surface area (Å²) in [6.45, 7) is 4.40. The number of amides is 2. The fraction of sp³-hybridized carbons (Fsp3) is 0.333. The Bertz CT molecular complexity index is 819. The average molecular weight is 400 g/mol. The Labute approximate surface area is 169 Å². The Morgan fingerprint density at radius 2 is 1.62 bits per heavy atom. The van der Waals surface area contributed by atoms with E-state index in [0.717, 1.165) is 31.9 Å². The normalized spacial score (nSPS) is 14.3. The summed E-state index contributed by atoms with van der Waals surface area (Å²) in [6, 6.07) is 13.3. The molecule has 1 heterocycles. The van der Waals surface area contributed by atoms with Crippen molar-refractivity contribution in [2.24, 2.45) is 0 Å². The molecule has 0 spiro atoms. The van der Waals surface area contributed by atoms with E-state index in [0.29, 0.717) is 24.5 Å². The van der Waals surface area contributed by atoms with Gasteiger partial charge in [-0.25, -0.2) is 4.39 Å². The minimum absolute atomic E-state index is 0.237. The highest BCUT2D eigenvalue weighted by atomic mass is 19.1. The molecule has 0 aliphatic carbocycles. The van der Waals surface area contributed by atoms with Crippen LogP contribution in [0.4, 0.5) is 15.8 Å². The van der Waals surface area contributed by atoms with Gasteiger partial charge >= 0.3 is 11.8 Å². The third-order valence-electron chi connectivity index (χ3n) is 4.83. The van der Waals surface area contributed by atoms with Gasteiger partial charge < -0.3 is 20.3 Å². The standard InChI is InChI=1S/C21H25FN4O3/c1-29-19-8-4-17(5-9-19)24-21(28)20(27)23-10-11-25-12-14-26(15-13-25)18-6-2-16(22)3-7-18/h2-9H,10-15H2,1H3,(H,23,27)(H,24,28). The number of hydrogen-bond acceptors (Lipinski definition) is 5. The van der Waals surface area contributed by atoms with Gasteiger partial charge in [-0.1, -0.05) is 0 Å². The summed E-state index contributed by atoms with van der Waals surface area (Å²) in [4.78, 5) is 28.4. The van der Waals surface area contributed by atoms with Crippen molar-refractivity contribution >= 4 is 23.2 Å². The van der Waals surface area contributed by atoms with Gasteiger partial charge in [0, 0.05) is 50.6 Å². The Balaban J connectivity index is 1.35. The Morgan fingerprint density at radius 3 is 2.24 bits per heavy atom. The first-order valence-corrected chi connectivity index (χ1v) is 9.51. The van der Waals surface area contributed by atoms with Crippen molar-refractivity contribution in [2.75, 3.05) is 56.6 Å². The number of ether oxygens (including phenoxy) is 1. The second-order valence-electron chi connectivity index (χ2n) is 6.74. The van der Waals surface area contributed by atoms with E-state index in [-0.39, 0.29) is 5.82 Å². The van der Waals surface area contributed by atoms with Crippen LogP contribution in [0.25, 0.3) is 0 Å². The number of hydrogen-bond donors (Lipinski definition) is 2. The molecule has 2 aromatic carbocycles. The van der Waals surface area contributed by atoms with Gasteiger partial charge in [-0.05, 0) is 48.5 Å². The fourth-order valence-electron chi connectivity index (χ4n) is 3.15. The van der Waals surface area contributed by atoms with E-state index in [1.165, 1.54) is 12.1 Å². The predicted octanol–water partition coefficient (Wildman–Crippen LogP) is 1.71. The zero-order valence-electron chi connectivity index (χ0n) is 16.4. The van der Waals surface area contributed by atoms with Crippen LogP contribution in [0.15, 0.2) is 48.5 Å². The molecular formula is C21H25FN4O3. The van der Waals surface area contributed by atoms with Crippen LogP contribution in [0.2, 0.25) is 0 Å². The van der Waals surface area contributed by atoms with Gasteiger partial charge in [-0.15, -0.1) is 0 Å². The number of methoxy groups -OCH3 is 1. The second-order valence-corrected chi connectivity index (χ2v) is 6.74. The van der Waals surface area contributed by atoms with E-state index in [1.54, 1.807) is 43.5 Å². The molecule has 3 rings (SSSR count). The first-order chi connectivity index (χ1) is 14.0. The maximum absolute atomic E-state index is 13.0. The molecule has 0 bridgehead atoms. The lowest BCUT2D eigenvalue weighted by molar-refractivity contribution is -0.136. The van der Waals surface area contributed by atoms with Gasteiger partial charge in [0.25, 0.3) is 0 Å². The van der Waals surface area contributed by atoms with Crippen molar-refractivity contribution in [2.45, 2.75) is 0 Å². The lowest BCUT2D eigenvalue weighted by atomic mass is 10.2. The number of carbonyl (C=O) groups is 2. The van der Waals surface area contributed by atoms with E-state index in [9.17, 15) is 14.0 Å². The van der Waals surface area contributed by atoms with Crippen LogP contribution in [0.1, 0.15) is 0 Å². The number of nitrogens with one attached hydrogen (secondary N) is 2. The molecule has 8 heteroatoms. The average Bonchev–Trinajstić information content (AvgIpc) is 2.75. The van der Waals surface area contributed by atoms with Crippen LogP contribution in [0.3, 0.4) is 0 Å². The number of piperazine rings is 1. The van der Waals surface area contributed by atoms with Crippen LogP contribution < -0.4 is 20.3 Å². The van der Waals surface area contributed by atoms with Crippen molar-refractivity contribution in [3.8, 4) is 5.75 Å². The number of benzene rings is 2. The molecule has 0 saturated carbocycles. The third-order valence-corrected chi connectivity index (χ3v) is 4.83. The quantitative estimate of drug-likeness (QED) is 0.723. The maximum atomic E-state index is 13.0. The van der Waals surface area contributed by atoms with Gasteiger partial charge in [-0.2, -0.15) is 0 Å². The monoisotopic (exact) mass is 400 g/mol. The molecule has 2 aromatic rings. The van der Waals surface area contributed by atoms with E-state index >= 15 is 0 Å². The Kier molecular flexibility index (Phi) is 7.02. The highest BCUT2D eigenvalue weighted by Crippen LogP contribution is 2.17. The van der Waals surface area contributed by atoms with Crippen LogP contribution in [0.5, 0.6) is 5.75 Å². The molecule has 0 atom stereocenters. The summed E-state index contributed by atoms with van der Waals surface area (Å²) < 4.78 is 18.1. The van der Waals surface area contributed by atoms with Gasteiger partial charge in [0.2, 0.25) is 0 Å². The summed E-state index contributed by atoms with van der Waals surface area (Å²) in [5, 5.41) is 5.20. The minimum Gasteiger partial charge on any atom is -0.497 e. The summed E-state index contributed by atoms with van der Waals surface area (Å²) in [6.07, 6.45) is 0. The molecule has 2 amide bonds. The maximum Gasteiger partial charge on any atom is 0.313 e. The summed E-state index contributed by atoms with van der Waals surface area (Å²) >= 11 is 0. The van der Waals surface area contributed by atoms with Crippen molar-refractivity contribution < 1.29 is 18.7 Å². The predicted molar refractivity (Wildman–Crippen MR) is 110 cm³/mol. The molecule has 7 nitrogen and oxygen atoms in total. The van der Waals surface area contributed by atoms with Gasteiger partial charge in [0.05, 0.1) is 7.11 Å². The largest absolute Gasteiger partial charge is 0.497 e. The molecule has 1 aliphatic heterocycles. The van der Waals surface area contributed by atoms with Gasteiger partial charge in [-0.3, -0.25) is 14.5 Å². The van der Waals surface area contributed by atoms with Crippen molar-refractivity contribution in [3.63, 3.8) is 0 Å². The first-order valence-electron chi connectivity index (χ1n) is 9.51. The molecule has 1 saturated heterocycles. The van der Waals surface area contributed by atoms with Crippen LogP contribution in [0, 0.1) is 5.82 Å². The highest BCUT2D eigenvalue weighted by molar-refractivity contribution is 6.39. The SMILES string of the molecule is COc1ccc(NC(=O)C(=O)NCCN2CCN(c3ccc(F)cc3)CC2)cc1. The summed E-state index contributed by atoms with van der Waals surface area (Å²) in [7, 11) is 1.56. The molecule has 2 N–H and O–H groups in total.